The van der Waals surface area contributed by atoms with E-state index in [-0.39, 0.29) is 21.2 Å². The van der Waals surface area contributed by atoms with E-state index in [9.17, 15) is 4.79 Å². The van der Waals surface area contributed by atoms with Crippen LogP contribution in [0.4, 0.5) is 0 Å². The molecule has 1 unspecified atom stereocenters. The standard InChI is InChI=1S/C11H23N3O.C2H6.CH4.H2/c1-5-9(15)10(8(2)3)13-11-12-6-7-14(11)4;1-2;;/h8,10-13H,5-7H2,1-4H3;1-2H3;1H4;1H/t10-,11?;;;/m0.../s1. The highest BCUT2D eigenvalue weighted by Crippen LogP contribution is 2.08. The molecule has 1 aliphatic rings. The van der Waals surface area contributed by atoms with E-state index in [2.05, 4.69) is 36.4 Å². The summed E-state index contributed by atoms with van der Waals surface area (Å²) in [5.41, 5.74) is 0. The molecule has 0 radical (unpaired) electrons. The zero-order valence-corrected chi connectivity index (χ0v) is 12.2. The largest absolute Gasteiger partial charge is 0.298 e. The van der Waals surface area contributed by atoms with Gasteiger partial charge in [-0.1, -0.05) is 42.0 Å². The normalized spacial score (nSPS) is 20.9. The van der Waals surface area contributed by atoms with Gasteiger partial charge in [-0.3, -0.25) is 20.3 Å². The van der Waals surface area contributed by atoms with Crippen molar-refractivity contribution in [1.82, 2.24) is 15.5 Å². The van der Waals surface area contributed by atoms with E-state index in [1.807, 2.05) is 20.8 Å². The minimum absolute atomic E-state index is 0. The highest BCUT2D eigenvalue weighted by atomic mass is 16.1. The number of carbonyl (C=O) groups excluding carboxylic acids is 1. The van der Waals surface area contributed by atoms with Gasteiger partial charge in [0.05, 0.1) is 6.04 Å². The molecule has 1 fully saturated rings. The predicted octanol–water partition coefficient (Wildman–Crippen LogP) is 2.31. The van der Waals surface area contributed by atoms with Crippen LogP contribution in [-0.2, 0) is 4.79 Å². The first kappa shape index (κ1) is 19.9. The maximum atomic E-state index is 11.7. The Bertz CT molecular complexity index is 225. The van der Waals surface area contributed by atoms with Crippen molar-refractivity contribution in [2.75, 3.05) is 20.1 Å². The molecule has 4 nitrogen and oxygen atoms in total. The quantitative estimate of drug-likeness (QED) is 0.797. The number of Topliss-reactive ketones (excluding diaryl/α,β-unsaturated/α-hetero) is 1. The van der Waals surface area contributed by atoms with Crippen molar-refractivity contribution in [3.05, 3.63) is 0 Å². The third-order valence-electron chi connectivity index (χ3n) is 2.94. The number of likely N-dealkylation sites (N-methyl/N-ethyl adjacent to an activating group) is 1. The molecular formula is C14H35N3O. The van der Waals surface area contributed by atoms with Gasteiger partial charge < -0.3 is 0 Å². The van der Waals surface area contributed by atoms with Crippen LogP contribution in [0.1, 0.15) is 49.9 Å². The topological polar surface area (TPSA) is 44.4 Å². The minimum atomic E-state index is -0.0342. The van der Waals surface area contributed by atoms with Crippen molar-refractivity contribution in [1.29, 1.82) is 0 Å². The molecule has 0 aromatic carbocycles. The van der Waals surface area contributed by atoms with Crippen LogP contribution in [0.3, 0.4) is 0 Å². The molecular weight excluding hydrogens is 226 g/mol. The predicted molar refractivity (Wildman–Crippen MR) is 81.7 cm³/mol. The summed E-state index contributed by atoms with van der Waals surface area (Å²) in [7, 11) is 2.06. The molecule has 0 spiro atoms. The summed E-state index contributed by atoms with van der Waals surface area (Å²) in [6.45, 7) is 12.1. The summed E-state index contributed by atoms with van der Waals surface area (Å²) in [5.74, 6) is 0.639. The minimum Gasteiger partial charge on any atom is -0.298 e. The number of ketones is 1. The third-order valence-corrected chi connectivity index (χ3v) is 2.94. The van der Waals surface area contributed by atoms with Gasteiger partial charge in [0.15, 0.2) is 0 Å². The van der Waals surface area contributed by atoms with Gasteiger partial charge in [0.2, 0.25) is 0 Å². The average molecular weight is 261 g/mol. The molecule has 2 N–H and O–H groups in total. The Morgan fingerprint density at radius 3 is 2.39 bits per heavy atom. The molecule has 0 bridgehead atoms. The van der Waals surface area contributed by atoms with E-state index < -0.39 is 0 Å². The highest BCUT2D eigenvalue weighted by molar-refractivity contribution is 5.83. The van der Waals surface area contributed by atoms with Crippen molar-refractivity contribution in [2.24, 2.45) is 5.92 Å². The highest BCUT2D eigenvalue weighted by Gasteiger charge is 2.27. The molecule has 1 saturated heterocycles. The molecule has 18 heavy (non-hydrogen) atoms. The van der Waals surface area contributed by atoms with Crippen LogP contribution >= 0.6 is 0 Å². The van der Waals surface area contributed by atoms with Gasteiger partial charge in [0, 0.05) is 20.9 Å². The van der Waals surface area contributed by atoms with Gasteiger partial charge in [-0.2, -0.15) is 0 Å². The van der Waals surface area contributed by atoms with E-state index >= 15 is 0 Å². The van der Waals surface area contributed by atoms with Crippen molar-refractivity contribution >= 4 is 5.78 Å². The fourth-order valence-electron chi connectivity index (χ4n) is 1.90. The second-order valence-electron chi connectivity index (χ2n) is 4.55. The van der Waals surface area contributed by atoms with Crippen LogP contribution in [0, 0.1) is 5.92 Å². The lowest BCUT2D eigenvalue weighted by atomic mass is 9.98. The summed E-state index contributed by atoms with van der Waals surface area (Å²) in [4.78, 5) is 13.9. The summed E-state index contributed by atoms with van der Waals surface area (Å²) in [6, 6.07) is -0.0342. The molecule has 0 saturated carbocycles. The molecule has 0 amide bonds. The van der Waals surface area contributed by atoms with Gasteiger partial charge in [-0.25, -0.2) is 0 Å². The SMILES string of the molecule is C.CC.CCC(=O)[C@@H](NC1NCCN1C)C(C)C.[HH]. The molecule has 4 heteroatoms. The lowest BCUT2D eigenvalue weighted by Gasteiger charge is -2.28. The number of nitrogens with one attached hydrogen (secondary N) is 2. The molecule has 2 atom stereocenters. The second kappa shape index (κ2) is 10.5. The lowest BCUT2D eigenvalue weighted by Crippen LogP contribution is -2.54. The Balaban J connectivity index is -0.000000609. The summed E-state index contributed by atoms with van der Waals surface area (Å²) in [6.07, 6.45) is 0.750. The van der Waals surface area contributed by atoms with Gasteiger partial charge in [-0.05, 0) is 13.0 Å². The smallest absolute Gasteiger partial charge is 0.149 e. The molecule has 1 aliphatic heterocycles. The van der Waals surface area contributed by atoms with Crippen LogP contribution in [-0.4, -0.2) is 43.2 Å². The van der Waals surface area contributed by atoms with Crippen molar-refractivity contribution in [2.45, 2.75) is 60.8 Å². The summed E-state index contributed by atoms with van der Waals surface area (Å²) >= 11 is 0. The molecule has 0 aliphatic carbocycles. The Labute approximate surface area is 115 Å². The zero-order chi connectivity index (χ0) is 13.4. The first-order chi connectivity index (χ1) is 8.06. The van der Waals surface area contributed by atoms with E-state index in [1.165, 1.54) is 0 Å². The van der Waals surface area contributed by atoms with E-state index in [4.69, 9.17) is 0 Å². The fraction of sp³-hybridized carbons (Fsp3) is 0.929. The van der Waals surface area contributed by atoms with E-state index in [1.54, 1.807) is 0 Å². The van der Waals surface area contributed by atoms with E-state index in [0.29, 0.717) is 18.1 Å². The maximum absolute atomic E-state index is 11.7. The molecule has 1 heterocycles. The van der Waals surface area contributed by atoms with Crippen LogP contribution in [0.15, 0.2) is 0 Å². The average Bonchev–Trinajstić information content (AvgIpc) is 2.73. The van der Waals surface area contributed by atoms with Crippen LogP contribution in [0.5, 0.6) is 0 Å². The number of hydrogen-bond donors (Lipinski definition) is 2. The summed E-state index contributed by atoms with van der Waals surface area (Å²) in [5, 5.41) is 6.71. The Morgan fingerprint density at radius 1 is 1.50 bits per heavy atom. The fourth-order valence-corrected chi connectivity index (χ4v) is 1.90. The van der Waals surface area contributed by atoms with Crippen molar-refractivity contribution in [3.8, 4) is 0 Å². The van der Waals surface area contributed by atoms with Gasteiger partial charge >= 0.3 is 0 Å². The Kier molecular flexibility index (Phi) is 11.6. The van der Waals surface area contributed by atoms with Crippen LogP contribution < -0.4 is 10.6 Å². The van der Waals surface area contributed by atoms with Gasteiger partial charge in [0.1, 0.15) is 12.1 Å². The Hall–Kier alpha value is -0.450. The molecule has 1 rings (SSSR count). The van der Waals surface area contributed by atoms with Crippen LogP contribution in [0.25, 0.3) is 0 Å². The first-order valence-corrected chi connectivity index (χ1v) is 6.78. The van der Waals surface area contributed by atoms with E-state index in [0.717, 1.165) is 13.1 Å². The van der Waals surface area contributed by atoms with Gasteiger partial charge in [0.25, 0.3) is 0 Å². The second-order valence-corrected chi connectivity index (χ2v) is 4.55. The number of carbonyl (C=O) groups is 1. The first-order valence-electron chi connectivity index (χ1n) is 6.78. The number of rotatable bonds is 5. The Morgan fingerprint density at radius 2 is 2.06 bits per heavy atom. The van der Waals surface area contributed by atoms with Gasteiger partial charge in [-0.15, -0.1) is 0 Å². The lowest BCUT2D eigenvalue weighted by molar-refractivity contribution is -0.122. The van der Waals surface area contributed by atoms with Crippen molar-refractivity contribution < 1.29 is 6.22 Å². The molecule has 0 aromatic heterocycles. The molecule has 112 valence electrons. The maximum Gasteiger partial charge on any atom is 0.149 e. The zero-order valence-electron chi connectivity index (χ0n) is 12.2. The monoisotopic (exact) mass is 261 g/mol. The van der Waals surface area contributed by atoms with Crippen molar-refractivity contribution in [3.63, 3.8) is 0 Å². The number of hydrogen-bond acceptors (Lipinski definition) is 4. The summed E-state index contributed by atoms with van der Waals surface area (Å²) < 4.78 is 0. The third kappa shape index (κ3) is 5.94. The van der Waals surface area contributed by atoms with Crippen LogP contribution in [0.2, 0.25) is 0 Å². The number of nitrogens with zero attached hydrogens (tertiary/aromatic N) is 1. The molecule has 0 aromatic rings.